The highest BCUT2D eigenvalue weighted by molar-refractivity contribution is 6.74. The van der Waals surface area contributed by atoms with Gasteiger partial charge in [0.1, 0.15) is 5.60 Å². The second-order valence-corrected chi connectivity index (χ2v) is 12.1. The molecular weight excluding hydrogens is 258 g/mol. The summed E-state index contributed by atoms with van der Waals surface area (Å²) < 4.78 is 6.26. The first-order chi connectivity index (χ1) is 8.27. The average molecular weight is 292 g/mol. The molecule has 0 aromatic rings. The second kappa shape index (κ2) is 6.22. The van der Waals surface area contributed by atoms with Crippen LogP contribution < -0.4 is 5.73 Å². The molecule has 5 heteroatoms. The number of hydrogen-bond donors (Lipinski definition) is 3. The molecule has 4 N–H and O–H groups in total. The molecule has 116 valence electrons. The van der Waals surface area contributed by atoms with E-state index in [1.807, 2.05) is 13.8 Å². The second-order valence-electron chi connectivity index (χ2n) is 7.31. The van der Waals surface area contributed by atoms with E-state index in [9.17, 15) is 10.2 Å². The summed E-state index contributed by atoms with van der Waals surface area (Å²) in [6.07, 6.45) is -0.937. The van der Waals surface area contributed by atoms with E-state index in [1.54, 1.807) is 6.92 Å². The molecule has 4 atom stereocenters. The lowest BCUT2D eigenvalue weighted by Crippen LogP contribution is -2.61. The summed E-state index contributed by atoms with van der Waals surface area (Å²) in [5, 5.41) is 20.7. The SMILES string of the molecule is CC[C@@H](O)[C@@](C)(O)[C@H](O[Si](C)(C)C(C)(C)C)[C@@H](C)N. The van der Waals surface area contributed by atoms with Crippen LogP contribution in [0.1, 0.15) is 48.0 Å². The van der Waals surface area contributed by atoms with Crippen molar-refractivity contribution in [2.24, 2.45) is 5.73 Å². The van der Waals surface area contributed by atoms with Gasteiger partial charge < -0.3 is 20.4 Å². The molecule has 0 heterocycles. The summed E-state index contributed by atoms with van der Waals surface area (Å²) in [4.78, 5) is 0. The highest BCUT2D eigenvalue weighted by Crippen LogP contribution is 2.39. The monoisotopic (exact) mass is 291 g/mol. The molecule has 0 fully saturated rings. The van der Waals surface area contributed by atoms with E-state index in [-0.39, 0.29) is 11.1 Å². The van der Waals surface area contributed by atoms with Gasteiger partial charge in [0.05, 0.1) is 12.2 Å². The van der Waals surface area contributed by atoms with Crippen molar-refractivity contribution in [2.75, 3.05) is 0 Å². The van der Waals surface area contributed by atoms with E-state index in [2.05, 4.69) is 33.9 Å². The van der Waals surface area contributed by atoms with Crippen LogP contribution >= 0.6 is 0 Å². The molecule has 0 aliphatic carbocycles. The largest absolute Gasteiger partial charge is 0.409 e. The fraction of sp³-hybridized carbons (Fsp3) is 1.00. The predicted molar refractivity (Wildman–Crippen MR) is 82.6 cm³/mol. The van der Waals surface area contributed by atoms with Crippen molar-refractivity contribution in [3.63, 3.8) is 0 Å². The van der Waals surface area contributed by atoms with Crippen LogP contribution in [0.5, 0.6) is 0 Å². The zero-order valence-electron chi connectivity index (χ0n) is 13.8. The van der Waals surface area contributed by atoms with Crippen LogP contribution in [-0.2, 0) is 4.43 Å². The van der Waals surface area contributed by atoms with Crippen LogP contribution in [0.15, 0.2) is 0 Å². The molecule has 0 radical (unpaired) electrons. The normalized spacial score (nSPS) is 21.6. The minimum Gasteiger partial charge on any atom is -0.409 e. The van der Waals surface area contributed by atoms with Gasteiger partial charge in [-0.25, -0.2) is 0 Å². The van der Waals surface area contributed by atoms with Crippen molar-refractivity contribution in [3.05, 3.63) is 0 Å². The van der Waals surface area contributed by atoms with E-state index in [4.69, 9.17) is 10.2 Å². The third-order valence-electron chi connectivity index (χ3n) is 4.34. The molecule has 0 spiro atoms. The summed E-state index contributed by atoms with van der Waals surface area (Å²) in [6.45, 7) is 15.9. The molecule has 0 rings (SSSR count). The Balaban J connectivity index is 5.27. The maximum Gasteiger partial charge on any atom is 0.192 e. The third kappa shape index (κ3) is 4.53. The van der Waals surface area contributed by atoms with Gasteiger partial charge in [-0.15, -0.1) is 0 Å². The number of nitrogens with two attached hydrogens (primary N) is 1. The van der Waals surface area contributed by atoms with Gasteiger partial charge >= 0.3 is 0 Å². The molecule has 0 saturated carbocycles. The van der Waals surface area contributed by atoms with E-state index in [1.165, 1.54) is 0 Å². The molecule has 0 aliphatic rings. The van der Waals surface area contributed by atoms with E-state index in [0.29, 0.717) is 6.42 Å². The van der Waals surface area contributed by atoms with Crippen molar-refractivity contribution in [3.8, 4) is 0 Å². The van der Waals surface area contributed by atoms with Gasteiger partial charge in [-0.3, -0.25) is 0 Å². The minimum atomic E-state index is -2.05. The fourth-order valence-corrected chi connectivity index (χ4v) is 3.30. The van der Waals surface area contributed by atoms with Gasteiger partial charge in [0.25, 0.3) is 0 Å². The summed E-state index contributed by atoms with van der Waals surface area (Å²) >= 11 is 0. The van der Waals surface area contributed by atoms with Gasteiger partial charge in [0.15, 0.2) is 8.32 Å². The van der Waals surface area contributed by atoms with Crippen LogP contribution in [0.3, 0.4) is 0 Å². The predicted octanol–water partition coefficient (Wildman–Crippen LogP) is 2.25. The third-order valence-corrected chi connectivity index (χ3v) is 8.80. The quantitative estimate of drug-likeness (QED) is 0.656. The minimum absolute atomic E-state index is 0.0351. The van der Waals surface area contributed by atoms with Crippen LogP contribution in [0.4, 0.5) is 0 Å². The van der Waals surface area contributed by atoms with Gasteiger partial charge in [-0.05, 0) is 38.4 Å². The number of aliphatic hydroxyl groups excluding tert-OH is 1. The fourth-order valence-electron chi connectivity index (χ4n) is 1.86. The topological polar surface area (TPSA) is 75.7 Å². The molecule has 0 unspecified atom stereocenters. The summed E-state index contributed by atoms with van der Waals surface area (Å²) in [5.41, 5.74) is 4.66. The van der Waals surface area contributed by atoms with Crippen molar-refractivity contribution in [2.45, 2.75) is 89.9 Å². The van der Waals surface area contributed by atoms with Crippen molar-refractivity contribution < 1.29 is 14.6 Å². The van der Waals surface area contributed by atoms with E-state index in [0.717, 1.165) is 0 Å². The molecule has 0 amide bonds. The lowest BCUT2D eigenvalue weighted by Gasteiger charge is -2.46. The Hall–Kier alpha value is 0.0569. The van der Waals surface area contributed by atoms with Crippen LogP contribution in [-0.4, -0.2) is 42.4 Å². The number of rotatable bonds is 6. The highest BCUT2D eigenvalue weighted by atomic mass is 28.4. The Bertz CT molecular complexity index is 285. The van der Waals surface area contributed by atoms with Crippen molar-refractivity contribution in [1.82, 2.24) is 0 Å². The number of hydrogen-bond acceptors (Lipinski definition) is 4. The summed E-state index contributed by atoms with van der Waals surface area (Å²) in [6, 6.07) is -0.342. The Morgan fingerprint density at radius 2 is 1.63 bits per heavy atom. The molecule has 0 aliphatic heterocycles. The smallest absolute Gasteiger partial charge is 0.192 e. The van der Waals surface area contributed by atoms with Gasteiger partial charge in [0, 0.05) is 6.04 Å². The first-order valence-electron chi connectivity index (χ1n) is 7.11. The van der Waals surface area contributed by atoms with Gasteiger partial charge in [-0.2, -0.15) is 0 Å². The standard InChI is InChI=1S/C14H33NO3Si/c1-9-11(16)14(6,17)12(10(2)15)18-19(7,8)13(3,4)5/h10-12,16-17H,9,15H2,1-8H3/t10-,11-,12-,14-/m1/s1. The first-order valence-corrected chi connectivity index (χ1v) is 10.0. The Morgan fingerprint density at radius 1 is 1.21 bits per heavy atom. The van der Waals surface area contributed by atoms with Crippen molar-refractivity contribution >= 4 is 8.32 Å². The van der Waals surface area contributed by atoms with E-state index < -0.39 is 26.1 Å². The van der Waals surface area contributed by atoms with Crippen LogP contribution in [0, 0.1) is 0 Å². The molecule has 0 bridgehead atoms. The Kier molecular flexibility index (Phi) is 6.24. The molecule has 0 aromatic carbocycles. The number of aliphatic hydroxyl groups is 2. The summed E-state index contributed by atoms with van der Waals surface area (Å²) in [5.74, 6) is 0. The first kappa shape index (κ1) is 19.1. The molecular formula is C14H33NO3Si. The van der Waals surface area contributed by atoms with Crippen molar-refractivity contribution in [1.29, 1.82) is 0 Å². The molecule has 4 nitrogen and oxygen atoms in total. The van der Waals surface area contributed by atoms with E-state index >= 15 is 0 Å². The zero-order chi connectivity index (χ0) is 15.6. The zero-order valence-corrected chi connectivity index (χ0v) is 14.8. The molecule has 0 aromatic heterocycles. The molecule has 19 heavy (non-hydrogen) atoms. The lowest BCUT2D eigenvalue weighted by molar-refractivity contribution is -0.135. The Labute approximate surface area is 119 Å². The highest BCUT2D eigenvalue weighted by Gasteiger charge is 2.47. The van der Waals surface area contributed by atoms with Gasteiger partial charge in [-0.1, -0.05) is 27.7 Å². The maximum absolute atomic E-state index is 10.6. The summed E-state index contributed by atoms with van der Waals surface area (Å²) in [7, 11) is -2.05. The maximum atomic E-state index is 10.6. The lowest BCUT2D eigenvalue weighted by atomic mass is 9.87. The van der Waals surface area contributed by atoms with Gasteiger partial charge in [0.2, 0.25) is 0 Å². The van der Waals surface area contributed by atoms with Crippen LogP contribution in [0.2, 0.25) is 18.1 Å². The average Bonchev–Trinajstić information content (AvgIpc) is 2.22. The molecule has 0 saturated heterocycles. The Morgan fingerprint density at radius 3 is 1.89 bits per heavy atom. The van der Waals surface area contributed by atoms with Crippen LogP contribution in [0.25, 0.3) is 0 Å².